The minimum Gasteiger partial charge on any atom is -0.502 e. The van der Waals surface area contributed by atoms with E-state index in [0.29, 0.717) is 15.8 Å². The van der Waals surface area contributed by atoms with Crippen LogP contribution >= 0.6 is 22.9 Å². The summed E-state index contributed by atoms with van der Waals surface area (Å²) in [5, 5.41) is 26.4. The van der Waals surface area contributed by atoms with Crippen molar-refractivity contribution in [2.45, 2.75) is 0 Å². The highest BCUT2D eigenvalue weighted by Gasteiger charge is 2.14. The van der Waals surface area contributed by atoms with Gasteiger partial charge in [-0.15, -0.1) is 11.3 Å². The van der Waals surface area contributed by atoms with Gasteiger partial charge in [-0.1, -0.05) is 23.7 Å². The Morgan fingerprint density at radius 2 is 1.96 bits per heavy atom. The fourth-order valence-electron chi connectivity index (χ4n) is 1.96. The van der Waals surface area contributed by atoms with E-state index in [0.717, 1.165) is 11.3 Å². The Morgan fingerprint density at radius 3 is 2.65 bits per heavy atom. The molecule has 23 heavy (non-hydrogen) atoms. The van der Waals surface area contributed by atoms with Gasteiger partial charge in [-0.2, -0.15) is 0 Å². The van der Waals surface area contributed by atoms with Crippen molar-refractivity contribution in [2.75, 3.05) is 5.32 Å². The fourth-order valence-corrected chi connectivity index (χ4v) is 2.82. The van der Waals surface area contributed by atoms with Crippen molar-refractivity contribution >= 4 is 39.4 Å². The molecule has 1 aromatic heterocycles. The maximum atomic E-state index is 10.8. The third kappa shape index (κ3) is 3.41. The van der Waals surface area contributed by atoms with Crippen LogP contribution in [0.1, 0.15) is 0 Å². The van der Waals surface area contributed by atoms with Gasteiger partial charge in [0.15, 0.2) is 10.9 Å². The number of thiazole rings is 1. The van der Waals surface area contributed by atoms with E-state index < -0.39 is 4.92 Å². The number of nitrogens with zero attached hydrogens (tertiary/aromatic N) is 2. The van der Waals surface area contributed by atoms with Crippen LogP contribution in [0, 0.1) is 10.1 Å². The summed E-state index contributed by atoms with van der Waals surface area (Å²) in [6, 6.07) is 11.4. The third-order valence-corrected chi connectivity index (χ3v) is 4.08. The van der Waals surface area contributed by atoms with Crippen LogP contribution in [-0.2, 0) is 0 Å². The van der Waals surface area contributed by atoms with Gasteiger partial charge < -0.3 is 10.4 Å². The van der Waals surface area contributed by atoms with Gasteiger partial charge in [0.25, 0.3) is 0 Å². The number of phenols is 1. The van der Waals surface area contributed by atoms with E-state index in [2.05, 4.69) is 10.3 Å². The van der Waals surface area contributed by atoms with Gasteiger partial charge in [-0.25, -0.2) is 4.98 Å². The number of benzene rings is 2. The number of hydrogen-bond acceptors (Lipinski definition) is 6. The van der Waals surface area contributed by atoms with Crippen LogP contribution in [0.5, 0.6) is 5.75 Å². The third-order valence-electron chi connectivity index (χ3n) is 3.07. The van der Waals surface area contributed by atoms with Gasteiger partial charge in [0.2, 0.25) is 0 Å². The molecule has 116 valence electrons. The molecule has 0 amide bonds. The molecule has 0 spiro atoms. The van der Waals surface area contributed by atoms with Crippen LogP contribution in [0.3, 0.4) is 0 Å². The van der Waals surface area contributed by atoms with Crippen molar-refractivity contribution in [3.8, 4) is 17.0 Å². The highest BCUT2D eigenvalue weighted by Crippen LogP contribution is 2.32. The van der Waals surface area contributed by atoms with E-state index in [-0.39, 0.29) is 11.4 Å². The zero-order valence-corrected chi connectivity index (χ0v) is 13.1. The summed E-state index contributed by atoms with van der Waals surface area (Å²) in [5.74, 6) is -0.374. The molecule has 0 fully saturated rings. The maximum absolute atomic E-state index is 10.8. The zero-order valence-electron chi connectivity index (χ0n) is 11.6. The van der Waals surface area contributed by atoms with Gasteiger partial charge in [0.05, 0.1) is 10.6 Å². The number of rotatable bonds is 4. The standard InChI is InChI=1S/C15H10ClN3O3S/c16-10-3-1-9(2-4-10)12-8-23-15(18-12)17-11-5-6-14(20)13(7-11)19(21)22/h1-8,20H,(H,17,18). The molecule has 2 aromatic carbocycles. The summed E-state index contributed by atoms with van der Waals surface area (Å²) in [6.45, 7) is 0. The van der Waals surface area contributed by atoms with E-state index >= 15 is 0 Å². The number of aromatic nitrogens is 1. The number of hydrogen-bond donors (Lipinski definition) is 2. The first kappa shape index (κ1) is 15.3. The Hall–Kier alpha value is -2.64. The van der Waals surface area contributed by atoms with Gasteiger partial charge in [-0.05, 0) is 24.3 Å². The van der Waals surface area contributed by atoms with Crippen molar-refractivity contribution in [1.29, 1.82) is 0 Å². The second-order valence-corrected chi connectivity index (χ2v) is 5.92. The number of aromatic hydroxyl groups is 1. The largest absolute Gasteiger partial charge is 0.502 e. The summed E-state index contributed by atoms with van der Waals surface area (Å²) in [5.41, 5.74) is 1.83. The normalized spacial score (nSPS) is 10.5. The molecule has 0 radical (unpaired) electrons. The van der Waals surface area contributed by atoms with E-state index in [9.17, 15) is 15.2 Å². The van der Waals surface area contributed by atoms with E-state index in [1.165, 1.54) is 23.5 Å². The van der Waals surface area contributed by atoms with Crippen LogP contribution in [0.2, 0.25) is 5.02 Å². The molecule has 0 saturated carbocycles. The Morgan fingerprint density at radius 1 is 1.22 bits per heavy atom. The van der Waals surface area contributed by atoms with Gasteiger partial charge in [0, 0.05) is 27.7 Å². The lowest BCUT2D eigenvalue weighted by Crippen LogP contribution is -1.93. The molecule has 8 heteroatoms. The monoisotopic (exact) mass is 347 g/mol. The Balaban J connectivity index is 1.83. The Bertz CT molecular complexity index is 865. The quantitative estimate of drug-likeness (QED) is 0.401. The number of nitro groups is 1. The maximum Gasteiger partial charge on any atom is 0.312 e. The first-order valence-corrected chi connectivity index (χ1v) is 7.74. The molecule has 0 atom stereocenters. The topological polar surface area (TPSA) is 88.3 Å². The molecular formula is C15H10ClN3O3S. The first-order chi connectivity index (χ1) is 11.0. The Kier molecular flexibility index (Phi) is 4.14. The van der Waals surface area contributed by atoms with E-state index in [1.54, 1.807) is 18.2 Å². The van der Waals surface area contributed by atoms with Crippen LogP contribution in [0.25, 0.3) is 11.3 Å². The molecule has 3 rings (SSSR count). The lowest BCUT2D eigenvalue weighted by Gasteiger charge is -2.03. The fraction of sp³-hybridized carbons (Fsp3) is 0. The zero-order chi connectivity index (χ0) is 16.4. The minimum atomic E-state index is -0.637. The summed E-state index contributed by atoms with van der Waals surface area (Å²) in [7, 11) is 0. The van der Waals surface area contributed by atoms with Crippen molar-refractivity contribution in [1.82, 2.24) is 4.98 Å². The summed E-state index contributed by atoms with van der Waals surface area (Å²) >= 11 is 7.23. The molecule has 6 nitrogen and oxygen atoms in total. The molecule has 0 aliphatic carbocycles. The molecule has 0 aliphatic rings. The van der Waals surface area contributed by atoms with Gasteiger partial charge >= 0.3 is 5.69 Å². The van der Waals surface area contributed by atoms with E-state index in [4.69, 9.17) is 11.6 Å². The number of phenolic OH excluding ortho intramolecular Hbond substituents is 1. The number of nitro benzene ring substituents is 1. The number of halogens is 1. The predicted molar refractivity (Wildman–Crippen MR) is 90.6 cm³/mol. The first-order valence-electron chi connectivity index (χ1n) is 6.49. The number of anilines is 2. The van der Waals surface area contributed by atoms with Gasteiger partial charge in [-0.3, -0.25) is 10.1 Å². The summed E-state index contributed by atoms with van der Waals surface area (Å²) in [6.07, 6.45) is 0. The van der Waals surface area contributed by atoms with Crippen molar-refractivity contribution in [3.05, 3.63) is 63.0 Å². The van der Waals surface area contributed by atoms with Crippen LogP contribution in [-0.4, -0.2) is 15.0 Å². The Labute approximate surface area is 140 Å². The highest BCUT2D eigenvalue weighted by atomic mass is 35.5. The van der Waals surface area contributed by atoms with Crippen LogP contribution in [0.4, 0.5) is 16.5 Å². The molecule has 0 aliphatic heterocycles. The van der Waals surface area contributed by atoms with E-state index in [1.807, 2.05) is 17.5 Å². The molecular weight excluding hydrogens is 338 g/mol. The van der Waals surface area contributed by atoms with Crippen molar-refractivity contribution in [3.63, 3.8) is 0 Å². The summed E-state index contributed by atoms with van der Waals surface area (Å²) in [4.78, 5) is 14.6. The molecule has 3 aromatic rings. The lowest BCUT2D eigenvalue weighted by molar-refractivity contribution is -0.385. The average Bonchev–Trinajstić information content (AvgIpc) is 2.98. The van der Waals surface area contributed by atoms with Crippen molar-refractivity contribution < 1.29 is 10.0 Å². The van der Waals surface area contributed by atoms with Gasteiger partial charge in [0.1, 0.15) is 0 Å². The van der Waals surface area contributed by atoms with Crippen LogP contribution < -0.4 is 5.32 Å². The summed E-state index contributed by atoms with van der Waals surface area (Å²) < 4.78 is 0. The van der Waals surface area contributed by atoms with Crippen molar-refractivity contribution in [2.24, 2.45) is 0 Å². The molecule has 0 saturated heterocycles. The molecule has 0 unspecified atom stereocenters. The average molecular weight is 348 g/mol. The SMILES string of the molecule is O=[N+]([O-])c1cc(Nc2nc(-c3ccc(Cl)cc3)cs2)ccc1O. The lowest BCUT2D eigenvalue weighted by atomic mass is 10.2. The minimum absolute atomic E-state index is 0.357. The number of nitrogens with one attached hydrogen (secondary N) is 1. The second-order valence-electron chi connectivity index (χ2n) is 4.63. The predicted octanol–water partition coefficient (Wildman–Crippen LogP) is 4.82. The second kappa shape index (κ2) is 6.23. The van der Waals surface area contributed by atoms with Crippen LogP contribution in [0.15, 0.2) is 47.8 Å². The molecule has 1 heterocycles. The molecule has 0 bridgehead atoms. The molecule has 2 N–H and O–H groups in total. The highest BCUT2D eigenvalue weighted by molar-refractivity contribution is 7.14. The smallest absolute Gasteiger partial charge is 0.312 e.